The molecule has 1 heterocycles. The monoisotopic (exact) mass is 275 g/mol. The summed E-state index contributed by atoms with van der Waals surface area (Å²) in [6.07, 6.45) is 2.40. The maximum atomic E-state index is 12.0. The van der Waals surface area contributed by atoms with Gasteiger partial charge in [-0.25, -0.2) is 4.79 Å². The Morgan fingerprint density at radius 1 is 1.30 bits per heavy atom. The molecule has 1 aromatic carbocycles. The lowest BCUT2D eigenvalue weighted by Crippen LogP contribution is -2.46. The Morgan fingerprint density at radius 3 is 2.85 bits per heavy atom. The van der Waals surface area contributed by atoms with Crippen LogP contribution >= 0.6 is 0 Å². The summed E-state index contributed by atoms with van der Waals surface area (Å²) >= 11 is 0. The van der Waals surface area contributed by atoms with Crippen LogP contribution in [0.15, 0.2) is 24.3 Å². The van der Waals surface area contributed by atoms with Crippen LogP contribution in [0.5, 0.6) is 5.75 Å². The molecule has 4 nitrogen and oxygen atoms in total. The van der Waals surface area contributed by atoms with Crippen molar-refractivity contribution in [1.82, 2.24) is 4.90 Å². The van der Waals surface area contributed by atoms with Gasteiger partial charge in [-0.2, -0.15) is 0 Å². The summed E-state index contributed by atoms with van der Waals surface area (Å²) in [5, 5.41) is 10.5. The van der Waals surface area contributed by atoms with Gasteiger partial charge in [-0.15, -0.1) is 0 Å². The molecule has 1 amide bonds. The molecule has 4 heteroatoms. The average Bonchev–Trinajstić information content (AvgIpc) is 2.44. The van der Waals surface area contributed by atoms with Crippen molar-refractivity contribution in [3.8, 4) is 5.75 Å². The summed E-state index contributed by atoms with van der Waals surface area (Å²) in [5.41, 5.74) is 1.01. The fraction of sp³-hybridized carbons (Fsp3) is 0.562. The Hall–Kier alpha value is -1.55. The smallest absolute Gasteiger partial charge is 0.410 e. The number of fused-ring (bicyclic) bond motifs is 1. The average molecular weight is 275 g/mol. The predicted octanol–water partition coefficient (Wildman–Crippen LogP) is 2.97. The van der Waals surface area contributed by atoms with E-state index in [0.717, 1.165) is 24.8 Å². The number of rotatable bonds is 1. The molecule has 4 unspecified atom stereocenters. The minimum Gasteiger partial charge on any atom is -0.410 e. The summed E-state index contributed by atoms with van der Waals surface area (Å²) in [7, 11) is 1.76. The van der Waals surface area contributed by atoms with Crippen molar-refractivity contribution in [2.24, 2.45) is 11.8 Å². The number of amides is 1. The highest BCUT2D eigenvalue weighted by Crippen LogP contribution is 2.45. The molecule has 0 radical (unpaired) electrons. The number of ether oxygens (including phenoxy) is 1. The molecule has 1 aliphatic carbocycles. The second kappa shape index (κ2) is 5.09. The number of aliphatic hydroxyl groups is 1. The van der Waals surface area contributed by atoms with Crippen LogP contribution < -0.4 is 4.74 Å². The molecule has 108 valence electrons. The Kier molecular flexibility index (Phi) is 3.42. The van der Waals surface area contributed by atoms with Gasteiger partial charge in [0, 0.05) is 18.5 Å². The van der Waals surface area contributed by atoms with Crippen LogP contribution in [0.1, 0.15) is 37.8 Å². The molecule has 1 N–H and O–H groups in total. The standard InChI is InChI=1S/C16H21NO3/c1-10-6-5-8-12(15(10)18)14-11-7-3-4-9-13(11)20-16(19)17(14)2/h3-4,7,9-10,12,14-15,18H,5-6,8H2,1-2H3. The van der Waals surface area contributed by atoms with Crippen molar-refractivity contribution < 1.29 is 14.6 Å². The lowest BCUT2D eigenvalue weighted by molar-refractivity contribution is -0.0175. The number of aliphatic hydroxyl groups excluding tert-OH is 1. The lowest BCUT2D eigenvalue weighted by atomic mass is 9.73. The molecule has 1 aromatic rings. The zero-order chi connectivity index (χ0) is 14.3. The van der Waals surface area contributed by atoms with Gasteiger partial charge in [-0.3, -0.25) is 0 Å². The Balaban J connectivity index is 2.00. The zero-order valence-corrected chi connectivity index (χ0v) is 12.0. The number of para-hydroxylation sites is 1. The normalized spacial score (nSPS) is 33.5. The minimum atomic E-state index is -0.366. The van der Waals surface area contributed by atoms with Crippen LogP contribution in [0.4, 0.5) is 4.79 Å². The second-order valence-corrected chi connectivity index (χ2v) is 6.02. The van der Waals surface area contributed by atoms with Crippen molar-refractivity contribution in [1.29, 1.82) is 0 Å². The Morgan fingerprint density at radius 2 is 2.05 bits per heavy atom. The van der Waals surface area contributed by atoms with Gasteiger partial charge in [0.25, 0.3) is 0 Å². The van der Waals surface area contributed by atoms with E-state index in [1.54, 1.807) is 11.9 Å². The van der Waals surface area contributed by atoms with E-state index < -0.39 is 0 Å². The van der Waals surface area contributed by atoms with E-state index in [1.165, 1.54) is 0 Å². The van der Waals surface area contributed by atoms with Crippen molar-refractivity contribution in [3.05, 3.63) is 29.8 Å². The van der Waals surface area contributed by atoms with E-state index in [9.17, 15) is 9.90 Å². The summed E-state index contributed by atoms with van der Waals surface area (Å²) in [4.78, 5) is 13.7. The molecule has 0 saturated heterocycles. The predicted molar refractivity (Wildman–Crippen MR) is 75.5 cm³/mol. The Labute approximate surface area is 119 Å². The molecular weight excluding hydrogens is 254 g/mol. The third kappa shape index (κ3) is 2.08. The van der Waals surface area contributed by atoms with E-state index in [0.29, 0.717) is 5.75 Å². The number of carbonyl (C=O) groups is 1. The Bertz CT molecular complexity index is 516. The number of hydrogen-bond donors (Lipinski definition) is 1. The molecule has 20 heavy (non-hydrogen) atoms. The molecule has 1 saturated carbocycles. The van der Waals surface area contributed by atoms with Gasteiger partial charge in [0.2, 0.25) is 0 Å². The van der Waals surface area contributed by atoms with Crippen LogP contribution in [0.2, 0.25) is 0 Å². The maximum absolute atomic E-state index is 12.0. The van der Waals surface area contributed by atoms with Gasteiger partial charge in [0.05, 0.1) is 12.1 Å². The van der Waals surface area contributed by atoms with Gasteiger partial charge in [-0.05, 0) is 24.8 Å². The highest BCUT2D eigenvalue weighted by Gasteiger charge is 2.42. The third-order valence-corrected chi connectivity index (χ3v) is 4.76. The van der Waals surface area contributed by atoms with E-state index in [1.807, 2.05) is 24.3 Å². The van der Waals surface area contributed by atoms with E-state index >= 15 is 0 Å². The first-order chi connectivity index (χ1) is 9.59. The highest BCUT2D eigenvalue weighted by molar-refractivity contribution is 5.74. The first-order valence-electron chi connectivity index (χ1n) is 7.31. The molecule has 3 rings (SSSR count). The summed E-state index contributed by atoms with van der Waals surface area (Å²) in [6, 6.07) is 7.55. The van der Waals surface area contributed by atoms with Crippen molar-refractivity contribution in [3.63, 3.8) is 0 Å². The molecule has 0 spiro atoms. The summed E-state index contributed by atoms with van der Waals surface area (Å²) in [6.45, 7) is 2.09. The van der Waals surface area contributed by atoms with Gasteiger partial charge in [-0.1, -0.05) is 31.5 Å². The highest BCUT2D eigenvalue weighted by atomic mass is 16.6. The quantitative estimate of drug-likeness (QED) is 0.857. The van der Waals surface area contributed by atoms with Crippen LogP contribution in [0.3, 0.4) is 0 Å². The molecular formula is C16H21NO3. The number of nitrogens with zero attached hydrogens (tertiary/aromatic N) is 1. The van der Waals surface area contributed by atoms with Gasteiger partial charge in [0.1, 0.15) is 5.75 Å². The van der Waals surface area contributed by atoms with E-state index in [4.69, 9.17) is 4.74 Å². The number of hydrogen-bond acceptors (Lipinski definition) is 3. The number of benzene rings is 1. The SMILES string of the molecule is CC1CCCC(C2c3ccccc3OC(=O)N2C)C1O. The van der Waals surface area contributed by atoms with Gasteiger partial charge in [0.15, 0.2) is 0 Å². The first-order valence-corrected chi connectivity index (χ1v) is 7.31. The van der Waals surface area contributed by atoms with E-state index in [-0.39, 0.29) is 30.1 Å². The maximum Gasteiger partial charge on any atom is 0.415 e. The van der Waals surface area contributed by atoms with Crippen LogP contribution in [-0.4, -0.2) is 29.3 Å². The molecule has 1 aliphatic heterocycles. The third-order valence-electron chi connectivity index (χ3n) is 4.76. The zero-order valence-electron chi connectivity index (χ0n) is 12.0. The molecule has 0 aromatic heterocycles. The van der Waals surface area contributed by atoms with Gasteiger partial charge < -0.3 is 14.7 Å². The minimum absolute atomic E-state index is 0.0812. The molecule has 2 aliphatic rings. The van der Waals surface area contributed by atoms with Gasteiger partial charge >= 0.3 is 6.09 Å². The molecule has 4 atom stereocenters. The first kappa shape index (κ1) is 13.4. The topological polar surface area (TPSA) is 49.8 Å². The fourth-order valence-corrected chi connectivity index (χ4v) is 3.61. The van der Waals surface area contributed by atoms with Crippen LogP contribution in [0.25, 0.3) is 0 Å². The largest absolute Gasteiger partial charge is 0.415 e. The van der Waals surface area contributed by atoms with Crippen LogP contribution in [-0.2, 0) is 0 Å². The van der Waals surface area contributed by atoms with Crippen molar-refractivity contribution >= 4 is 6.09 Å². The fourth-order valence-electron chi connectivity index (χ4n) is 3.61. The summed E-state index contributed by atoms with van der Waals surface area (Å²) < 4.78 is 5.33. The number of carbonyl (C=O) groups excluding carboxylic acids is 1. The summed E-state index contributed by atoms with van der Waals surface area (Å²) in [5.74, 6) is 0.996. The van der Waals surface area contributed by atoms with Crippen LogP contribution in [0, 0.1) is 11.8 Å². The molecule has 0 bridgehead atoms. The second-order valence-electron chi connectivity index (χ2n) is 6.02. The lowest BCUT2D eigenvalue weighted by Gasteiger charge is -2.43. The van der Waals surface area contributed by atoms with E-state index in [2.05, 4.69) is 6.92 Å². The van der Waals surface area contributed by atoms with Crippen molar-refractivity contribution in [2.75, 3.05) is 7.05 Å². The van der Waals surface area contributed by atoms with Crippen molar-refractivity contribution in [2.45, 2.75) is 38.3 Å². The molecule has 1 fully saturated rings.